The molecular formula is C68H44N6. The Bertz CT molecular complexity index is 4180. The van der Waals surface area contributed by atoms with Crippen LogP contribution < -0.4 is 9.80 Å². The molecule has 0 radical (unpaired) electrons. The molecule has 6 heteroatoms. The molecule has 0 N–H and O–H groups in total. The van der Waals surface area contributed by atoms with Crippen molar-refractivity contribution in [3.8, 4) is 11.4 Å². The summed E-state index contributed by atoms with van der Waals surface area (Å²) < 4.78 is 4.77. The second-order valence-electron chi connectivity index (χ2n) is 18.9. The van der Waals surface area contributed by atoms with Gasteiger partial charge in [0.25, 0.3) is 0 Å². The summed E-state index contributed by atoms with van der Waals surface area (Å²) in [6.45, 7) is 0. The van der Waals surface area contributed by atoms with E-state index in [1.807, 2.05) is 0 Å². The third kappa shape index (κ3) is 6.45. The van der Waals surface area contributed by atoms with E-state index in [1.165, 1.54) is 21.5 Å². The minimum Gasteiger partial charge on any atom is -0.310 e. The minimum absolute atomic E-state index is 0.819. The van der Waals surface area contributed by atoms with Crippen molar-refractivity contribution in [3.63, 3.8) is 0 Å². The molecule has 0 aliphatic heterocycles. The van der Waals surface area contributed by atoms with Crippen LogP contribution >= 0.6 is 0 Å². The molecule has 6 nitrogen and oxygen atoms in total. The van der Waals surface area contributed by atoms with E-state index in [2.05, 4.69) is 286 Å². The molecule has 0 aliphatic carbocycles. The largest absolute Gasteiger partial charge is 0.310 e. The molecule has 3 heterocycles. The standard InChI is InChI=1S/C68H44N6/c1-5-21-45(22-6-1)71(46-23-7-2-8-24-46)49-37-39-55-57(43-49)58-44-50(72(47-25-9-3-10-26-47)48-27-11-4-12-28-48)38-40-56(58)66-65(55)69-67-63(73-59-33-17-13-29-51(59)52-30-14-18-34-60(52)73)41-42-64(68(67)70-66)74-61-35-19-15-31-53(61)54-32-16-20-36-62(54)74/h1-44H. The molecule has 3 aromatic heterocycles. The van der Waals surface area contributed by atoms with Crippen molar-refractivity contribution in [3.05, 3.63) is 267 Å². The molecule has 0 unspecified atom stereocenters. The van der Waals surface area contributed by atoms with Crippen molar-refractivity contribution < 1.29 is 0 Å². The summed E-state index contributed by atoms with van der Waals surface area (Å²) >= 11 is 0. The molecule has 0 fully saturated rings. The summed E-state index contributed by atoms with van der Waals surface area (Å²) in [5, 5.41) is 8.96. The van der Waals surface area contributed by atoms with Gasteiger partial charge >= 0.3 is 0 Å². The van der Waals surface area contributed by atoms with Gasteiger partial charge in [0.1, 0.15) is 11.0 Å². The first-order valence-corrected chi connectivity index (χ1v) is 25.2. The molecule has 0 atom stereocenters. The Morgan fingerprint density at radius 3 is 0.811 bits per heavy atom. The number of nitrogens with zero attached hydrogens (tertiary/aromatic N) is 6. The molecule has 0 saturated heterocycles. The van der Waals surface area contributed by atoms with Crippen molar-refractivity contribution in [1.29, 1.82) is 0 Å². The lowest BCUT2D eigenvalue weighted by molar-refractivity contribution is 1.15. The van der Waals surface area contributed by atoms with E-state index in [0.717, 1.165) is 111 Å². The number of anilines is 6. The van der Waals surface area contributed by atoms with Gasteiger partial charge in [-0.1, -0.05) is 158 Å². The molecular weight excluding hydrogens is 901 g/mol. The minimum atomic E-state index is 0.819. The van der Waals surface area contributed by atoms with E-state index in [0.29, 0.717) is 0 Å². The molecule has 0 aliphatic rings. The number of hydrogen-bond donors (Lipinski definition) is 0. The third-order valence-corrected chi connectivity index (χ3v) is 14.8. The maximum Gasteiger partial charge on any atom is 0.116 e. The van der Waals surface area contributed by atoms with E-state index in [4.69, 9.17) is 9.97 Å². The Balaban J connectivity index is 1.09. The number of rotatable bonds is 8. The van der Waals surface area contributed by atoms with Gasteiger partial charge in [0.2, 0.25) is 0 Å². The fourth-order valence-electron chi connectivity index (χ4n) is 11.6. The van der Waals surface area contributed by atoms with E-state index >= 15 is 0 Å². The fraction of sp³-hybridized carbons (Fsp3) is 0. The fourth-order valence-corrected chi connectivity index (χ4v) is 11.6. The highest BCUT2D eigenvalue weighted by Gasteiger charge is 2.24. The first-order valence-electron chi connectivity index (χ1n) is 25.2. The van der Waals surface area contributed by atoms with Gasteiger partial charge in [-0.3, -0.25) is 0 Å². The molecule has 12 aromatic carbocycles. The van der Waals surface area contributed by atoms with Crippen LogP contribution in [0.3, 0.4) is 0 Å². The van der Waals surface area contributed by atoms with Crippen molar-refractivity contribution in [2.75, 3.05) is 9.80 Å². The van der Waals surface area contributed by atoms with Crippen LogP contribution in [0, 0.1) is 0 Å². The highest BCUT2D eigenvalue weighted by Crippen LogP contribution is 2.45. The lowest BCUT2D eigenvalue weighted by Gasteiger charge is -2.27. The highest BCUT2D eigenvalue weighted by atomic mass is 15.1. The Kier molecular flexibility index (Phi) is 9.47. The van der Waals surface area contributed by atoms with Crippen LogP contribution in [0.15, 0.2) is 267 Å². The summed E-state index contributed by atoms with van der Waals surface area (Å²) in [7, 11) is 0. The monoisotopic (exact) mass is 944 g/mol. The topological polar surface area (TPSA) is 42.1 Å². The normalized spacial score (nSPS) is 11.8. The number of aromatic nitrogens is 4. The van der Waals surface area contributed by atoms with Crippen LogP contribution in [0.1, 0.15) is 0 Å². The number of hydrogen-bond acceptors (Lipinski definition) is 4. The van der Waals surface area contributed by atoms with Crippen molar-refractivity contribution >= 4 is 121 Å². The molecule has 0 saturated carbocycles. The predicted octanol–water partition coefficient (Wildman–Crippen LogP) is 18.2. The van der Waals surface area contributed by atoms with Crippen LogP contribution in [0.2, 0.25) is 0 Å². The van der Waals surface area contributed by atoms with Crippen LogP contribution in [0.4, 0.5) is 34.1 Å². The maximum atomic E-state index is 5.98. The number of fused-ring (bicyclic) bond motifs is 13. The quantitative estimate of drug-likeness (QED) is 0.112. The Hall–Kier alpha value is -10.0. The molecule has 0 spiro atoms. The first kappa shape index (κ1) is 41.7. The molecule has 74 heavy (non-hydrogen) atoms. The summed E-state index contributed by atoms with van der Waals surface area (Å²) in [6, 6.07) is 95.5. The smallest absolute Gasteiger partial charge is 0.116 e. The van der Waals surface area contributed by atoms with Gasteiger partial charge in [-0.25, -0.2) is 9.97 Å². The third-order valence-electron chi connectivity index (χ3n) is 14.8. The van der Waals surface area contributed by atoms with Crippen LogP contribution in [0.5, 0.6) is 0 Å². The van der Waals surface area contributed by atoms with E-state index in [-0.39, 0.29) is 0 Å². The van der Waals surface area contributed by atoms with Gasteiger partial charge in [-0.2, -0.15) is 0 Å². The lowest BCUT2D eigenvalue weighted by atomic mass is 9.97. The van der Waals surface area contributed by atoms with E-state index in [9.17, 15) is 0 Å². The highest BCUT2D eigenvalue weighted by molar-refractivity contribution is 6.26. The summed E-state index contributed by atoms with van der Waals surface area (Å²) in [5.74, 6) is 0. The average Bonchev–Trinajstić information content (AvgIpc) is 4.02. The summed E-state index contributed by atoms with van der Waals surface area (Å²) in [4.78, 5) is 16.6. The second-order valence-corrected chi connectivity index (χ2v) is 18.9. The lowest BCUT2D eigenvalue weighted by Crippen LogP contribution is -2.10. The summed E-state index contributed by atoms with van der Waals surface area (Å²) in [5.41, 5.74) is 16.1. The van der Waals surface area contributed by atoms with Gasteiger partial charge in [-0.05, 0) is 120 Å². The van der Waals surface area contributed by atoms with Crippen molar-refractivity contribution in [2.45, 2.75) is 0 Å². The van der Waals surface area contributed by atoms with Crippen LogP contribution in [-0.2, 0) is 0 Å². The van der Waals surface area contributed by atoms with Gasteiger partial charge in [0, 0.05) is 66.4 Å². The van der Waals surface area contributed by atoms with Gasteiger partial charge < -0.3 is 18.9 Å². The summed E-state index contributed by atoms with van der Waals surface area (Å²) in [6.07, 6.45) is 0. The molecule has 15 rings (SSSR count). The first-order chi connectivity index (χ1) is 36.7. The number of benzene rings is 12. The second kappa shape index (κ2) is 16.8. The van der Waals surface area contributed by atoms with E-state index in [1.54, 1.807) is 0 Å². The zero-order valence-electron chi connectivity index (χ0n) is 40.1. The molecule has 346 valence electrons. The van der Waals surface area contributed by atoms with Crippen molar-refractivity contribution in [2.24, 2.45) is 0 Å². The maximum absolute atomic E-state index is 5.98. The SMILES string of the molecule is c1ccc(N(c2ccccc2)c2ccc3c(c2)c2cc(N(c4ccccc4)c4ccccc4)ccc2c2nc4c(-n5c6ccccc6c6ccccc65)ccc(-n5c6ccccc6c6ccccc65)c4nc32)cc1. The molecule has 15 aromatic rings. The zero-order chi connectivity index (χ0) is 48.7. The predicted molar refractivity (Wildman–Crippen MR) is 310 cm³/mol. The zero-order valence-corrected chi connectivity index (χ0v) is 40.1. The Morgan fingerprint density at radius 2 is 0.500 bits per heavy atom. The Morgan fingerprint density at radius 1 is 0.216 bits per heavy atom. The number of para-hydroxylation sites is 8. The van der Waals surface area contributed by atoms with Crippen LogP contribution in [-0.4, -0.2) is 19.1 Å². The Labute approximate surface area is 426 Å². The van der Waals surface area contributed by atoms with Crippen molar-refractivity contribution in [1.82, 2.24) is 19.1 Å². The van der Waals surface area contributed by atoms with Gasteiger partial charge in [0.15, 0.2) is 0 Å². The molecule has 0 amide bonds. The van der Waals surface area contributed by atoms with Gasteiger partial charge in [-0.15, -0.1) is 0 Å². The van der Waals surface area contributed by atoms with Gasteiger partial charge in [0.05, 0.1) is 44.5 Å². The molecule has 0 bridgehead atoms. The average molecular weight is 945 g/mol. The van der Waals surface area contributed by atoms with Crippen LogP contribution in [0.25, 0.3) is 98.6 Å². The van der Waals surface area contributed by atoms with E-state index < -0.39 is 0 Å².